The first-order valence-corrected chi connectivity index (χ1v) is 12.7. The molecule has 8 rings (SSSR count). The summed E-state index contributed by atoms with van der Waals surface area (Å²) in [7, 11) is 0. The summed E-state index contributed by atoms with van der Waals surface area (Å²) < 4.78 is 6.61. The highest BCUT2D eigenvalue weighted by Gasteiger charge is 2.51. The van der Waals surface area contributed by atoms with Gasteiger partial charge in [-0.3, -0.25) is 0 Å². The largest absolute Gasteiger partial charge is 0.457 e. The van der Waals surface area contributed by atoms with Crippen LogP contribution in [0, 0.1) is 0 Å². The molecule has 0 amide bonds. The molecule has 2 heteroatoms. The number of para-hydroxylation sites is 2. The molecule has 0 radical (unpaired) electrons. The van der Waals surface area contributed by atoms with Gasteiger partial charge in [0, 0.05) is 22.5 Å². The van der Waals surface area contributed by atoms with Gasteiger partial charge in [0.05, 0.1) is 5.41 Å². The van der Waals surface area contributed by atoms with Gasteiger partial charge in [-0.1, -0.05) is 91.0 Å². The van der Waals surface area contributed by atoms with Gasteiger partial charge in [0.2, 0.25) is 0 Å². The standard InChI is InChI=1S/C35H23NO/c1-2-12-25(13-3-1)36-26-18-19-28-27-14-6-7-15-29(27)35(31(28)22-26)30-16-8-9-17-33(30)37-34-21-24-11-5-4-10-23(24)20-32(34)35/h1-22,36H. The molecule has 1 heterocycles. The summed E-state index contributed by atoms with van der Waals surface area (Å²) in [5, 5.41) is 6.03. The zero-order chi connectivity index (χ0) is 24.4. The van der Waals surface area contributed by atoms with Gasteiger partial charge in [0.1, 0.15) is 11.5 Å². The SMILES string of the molecule is c1ccc(Nc2ccc3c(c2)C2(c4ccccc4Oc4cc5ccccc5cc42)c2ccccc2-3)cc1. The van der Waals surface area contributed by atoms with Gasteiger partial charge in [-0.2, -0.15) is 0 Å². The van der Waals surface area contributed by atoms with Crippen molar-refractivity contribution < 1.29 is 4.74 Å². The van der Waals surface area contributed by atoms with Crippen molar-refractivity contribution in [1.29, 1.82) is 0 Å². The molecule has 1 aliphatic carbocycles. The number of hydrogen-bond acceptors (Lipinski definition) is 2. The lowest BCUT2D eigenvalue weighted by Crippen LogP contribution is -2.32. The van der Waals surface area contributed by atoms with Crippen molar-refractivity contribution in [2.75, 3.05) is 5.32 Å². The highest BCUT2D eigenvalue weighted by molar-refractivity contribution is 5.93. The molecular weight excluding hydrogens is 450 g/mol. The van der Waals surface area contributed by atoms with Crippen molar-refractivity contribution in [3.63, 3.8) is 0 Å². The fraction of sp³-hybridized carbons (Fsp3) is 0.0286. The first kappa shape index (κ1) is 20.4. The molecule has 0 bridgehead atoms. The highest BCUT2D eigenvalue weighted by atomic mass is 16.5. The molecule has 0 saturated carbocycles. The van der Waals surface area contributed by atoms with E-state index in [0.29, 0.717) is 0 Å². The maximum Gasteiger partial charge on any atom is 0.132 e. The molecule has 0 saturated heterocycles. The first-order valence-electron chi connectivity index (χ1n) is 12.7. The Morgan fingerprint density at radius 3 is 1.97 bits per heavy atom. The van der Waals surface area contributed by atoms with Crippen LogP contribution in [0.4, 0.5) is 11.4 Å². The minimum Gasteiger partial charge on any atom is -0.457 e. The van der Waals surface area contributed by atoms with Gasteiger partial charge >= 0.3 is 0 Å². The van der Waals surface area contributed by atoms with E-state index in [-0.39, 0.29) is 0 Å². The summed E-state index contributed by atoms with van der Waals surface area (Å²) >= 11 is 0. The molecular formula is C35H23NO. The van der Waals surface area contributed by atoms with Crippen LogP contribution in [0.15, 0.2) is 133 Å². The summed E-state index contributed by atoms with van der Waals surface area (Å²) in [5.41, 5.74) is 9.16. The molecule has 6 aromatic rings. The monoisotopic (exact) mass is 473 g/mol. The second-order valence-corrected chi connectivity index (χ2v) is 9.84. The zero-order valence-corrected chi connectivity index (χ0v) is 20.1. The maximum atomic E-state index is 6.61. The number of hydrogen-bond donors (Lipinski definition) is 1. The van der Waals surface area contributed by atoms with Gasteiger partial charge in [0.25, 0.3) is 0 Å². The Morgan fingerprint density at radius 2 is 1.11 bits per heavy atom. The molecule has 1 aliphatic heterocycles. The van der Waals surface area contributed by atoms with E-state index >= 15 is 0 Å². The lowest BCUT2D eigenvalue weighted by Gasteiger charge is -2.39. The lowest BCUT2D eigenvalue weighted by atomic mass is 9.66. The van der Waals surface area contributed by atoms with E-state index in [2.05, 4.69) is 133 Å². The van der Waals surface area contributed by atoms with E-state index in [1.54, 1.807) is 0 Å². The van der Waals surface area contributed by atoms with Gasteiger partial charge in [-0.25, -0.2) is 0 Å². The Kier molecular flexibility index (Phi) is 4.18. The van der Waals surface area contributed by atoms with E-state index in [9.17, 15) is 0 Å². The van der Waals surface area contributed by atoms with Crippen LogP contribution in [0.25, 0.3) is 21.9 Å². The van der Waals surface area contributed by atoms with Crippen LogP contribution in [0.5, 0.6) is 11.5 Å². The number of benzene rings is 6. The molecule has 2 aliphatic rings. The minimum absolute atomic E-state index is 0.478. The number of ether oxygens (including phenoxy) is 1. The Labute approximate surface area is 215 Å². The van der Waals surface area contributed by atoms with Crippen LogP contribution in [0.2, 0.25) is 0 Å². The van der Waals surface area contributed by atoms with Crippen LogP contribution in [-0.2, 0) is 5.41 Å². The molecule has 1 atom stereocenters. The molecule has 0 aromatic heterocycles. The topological polar surface area (TPSA) is 21.3 Å². The Balaban J connectivity index is 1.48. The second kappa shape index (κ2) is 7.59. The molecule has 1 spiro atoms. The summed E-state index contributed by atoms with van der Waals surface area (Å²) in [5.74, 6) is 1.83. The number of rotatable bonds is 2. The predicted octanol–water partition coefficient (Wildman–Crippen LogP) is 9.05. The van der Waals surface area contributed by atoms with Gasteiger partial charge in [-0.05, 0) is 75.5 Å². The van der Waals surface area contributed by atoms with Crippen molar-refractivity contribution in [1.82, 2.24) is 0 Å². The van der Waals surface area contributed by atoms with Crippen molar-refractivity contribution in [3.8, 4) is 22.6 Å². The second-order valence-electron chi connectivity index (χ2n) is 9.84. The van der Waals surface area contributed by atoms with Crippen LogP contribution in [0.1, 0.15) is 22.3 Å². The summed E-state index contributed by atoms with van der Waals surface area (Å²) in [6, 6.07) is 47.6. The normalized spacial score (nSPS) is 16.4. The van der Waals surface area contributed by atoms with Crippen molar-refractivity contribution in [3.05, 3.63) is 156 Å². The molecule has 0 fully saturated rings. The van der Waals surface area contributed by atoms with Crippen molar-refractivity contribution >= 4 is 22.1 Å². The van der Waals surface area contributed by atoms with E-state index < -0.39 is 5.41 Å². The summed E-state index contributed by atoms with van der Waals surface area (Å²) in [6.45, 7) is 0. The van der Waals surface area contributed by atoms with E-state index in [1.807, 2.05) is 6.07 Å². The van der Waals surface area contributed by atoms with Crippen LogP contribution < -0.4 is 10.1 Å². The fourth-order valence-electron chi connectivity index (χ4n) is 6.35. The molecule has 1 N–H and O–H groups in total. The van der Waals surface area contributed by atoms with Crippen LogP contribution >= 0.6 is 0 Å². The number of nitrogens with one attached hydrogen (secondary N) is 1. The minimum atomic E-state index is -0.478. The quantitative estimate of drug-likeness (QED) is 0.270. The van der Waals surface area contributed by atoms with Crippen molar-refractivity contribution in [2.45, 2.75) is 5.41 Å². The van der Waals surface area contributed by atoms with Gasteiger partial charge in [-0.15, -0.1) is 0 Å². The molecule has 2 nitrogen and oxygen atoms in total. The number of fused-ring (bicyclic) bond motifs is 10. The van der Waals surface area contributed by atoms with Crippen LogP contribution in [0.3, 0.4) is 0 Å². The zero-order valence-electron chi connectivity index (χ0n) is 20.1. The van der Waals surface area contributed by atoms with E-state index in [0.717, 1.165) is 22.9 Å². The number of anilines is 2. The average molecular weight is 474 g/mol. The van der Waals surface area contributed by atoms with Crippen molar-refractivity contribution in [2.24, 2.45) is 0 Å². The smallest absolute Gasteiger partial charge is 0.132 e. The third-order valence-electron chi connectivity index (χ3n) is 7.87. The Bertz CT molecular complexity index is 1840. The summed E-state index contributed by atoms with van der Waals surface area (Å²) in [6.07, 6.45) is 0. The maximum absolute atomic E-state index is 6.61. The van der Waals surface area contributed by atoms with E-state index in [1.165, 1.54) is 44.2 Å². The van der Waals surface area contributed by atoms with Gasteiger partial charge < -0.3 is 10.1 Å². The van der Waals surface area contributed by atoms with Gasteiger partial charge in [0.15, 0.2) is 0 Å². The predicted molar refractivity (Wildman–Crippen MR) is 151 cm³/mol. The molecule has 1 unspecified atom stereocenters. The Morgan fingerprint density at radius 1 is 0.432 bits per heavy atom. The highest BCUT2D eigenvalue weighted by Crippen LogP contribution is 2.62. The van der Waals surface area contributed by atoms with E-state index in [4.69, 9.17) is 4.74 Å². The third kappa shape index (κ3) is 2.81. The average Bonchev–Trinajstić information content (AvgIpc) is 3.23. The van der Waals surface area contributed by atoms with Crippen LogP contribution in [-0.4, -0.2) is 0 Å². The third-order valence-corrected chi connectivity index (χ3v) is 7.87. The lowest BCUT2D eigenvalue weighted by molar-refractivity contribution is 0.437. The molecule has 174 valence electrons. The molecule has 37 heavy (non-hydrogen) atoms. The molecule has 6 aromatic carbocycles. The first-order chi connectivity index (χ1) is 18.3. The summed E-state index contributed by atoms with van der Waals surface area (Å²) in [4.78, 5) is 0. The Hall–Kier alpha value is -4.82. The fourth-order valence-corrected chi connectivity index (χ4v) is 6.35.